The molecule has 0 atom stereocenters. The van der Waals surface area contributed by atoms with Gasteiger partial charge in [-0.05, 0) is 31.3 Å². The fraction of sp³-hybridized carbons (Fsp3) is 0.600. The van der Waals surface area contributed by atoms with Gasteiger partial charge in [-0.3, -0.25) is 0 Å². The van der Waals surface area contributed by atoms with Crippen LogP contribution in [0.3, 0.4) is 0 Å². The van der Waals surface area contributed by atoms with Crippen LogP contribution in [0.2, 0.25) is 0 Å². The molecule has 0 radical (unpaired) electrons. The number of hydrogen-bond acceptors (Lipinski definition) is 0. The van der Waals surface area contributed by atoms with Crippen LogP contribution in [0, 0.1) is 11.8 Å². The fourth-order valence-electron chi connectivity index (χ4n) is 1.37. The molecule has 0 fully saturated rings. The molecule has 120 valence electrons. The van der Waals surface area contributed by atoms with Crippen LogP contribution in [0.15, 0.2) is 48.6 Å². The van der Waals surface area contributed by atoms with Gasteiger partial charge in [0.05, 0.1) is 0 Å². The van der Waals surface area contributed by atoms with Crippen molar-refractivity contribution < 1.29 is 0 Å². The first-order valence-corrected chi connectivity index (χ1v) is 7.91. The summed E-state index contributed by atoms with van der Waals surface area (Å²) in [6.45, 7) is 31.1. The van der Waals surface area contributed by atoms with Gasteiger partial charge in [0.1, 0.15) is 0 Å². The minimum Gasteiger partial charge on any atom is -0.106 e. The Kier molecular flexibility index (Phi) is 27.7. The molecule has 0 aromatic heterocycles. The first-order chi connectivity index (χ1) is 9.40. The molecule has 0 nitrogen and oxygen atoms in total. The Morgan fingerprint density at radius 3 is 1.35 bits per heavy atom. The Balaban J connectivity index is -0.000000187. The fourth-order valence-corrected chi connectivity index (χ4v) is 1.37. The SMILES string of the molecule is C=C.C=C/C(C)=C\C(=C(\C)C(C)C)C(C)C.CC.CC. The standard InChI is InChI=1S/C14H24.2C2H6.C2H4/c1-8-12(6)9-14(11(4)5)13(7)10(2)3;3*1-2/h8-11H,1H2,2-7H3;2*1-2H3;1-2H2/b12-9-,14-13+;;;. The first kappa shape index (κ1) is 27.3. The Morgan fingerprint density at radius 1 is 0.800 bits per heavy atom. The van der Waals surface area contributed by atoms with Gasteiger partial charge in [-0.25, -0.2) is 0 Å². The van der Waals surface area contributed by atoms with Crippen molar-refractivity contribution in [1.82, 2.24) is 0 Å². The summed E-state index contributed by atoms with van der Waals surface area (Å²) in [7, 11) is 0. The minimum absolute atomic E-state index is 0.590. The molecule has 0 unspecified atom stereocenters. The molecule has 0 aromatic rings. The molecule has 0 N–H and O–H groups in total. The predicted molar refractivity (Wildman–Crippen MR) is 100 cm³/mol. The van der Waals surface area contributed by atoms with Crippen LogP contribution >= 0.6 is 0 Å². The van der Waals surface area contributed by atoms with Gasteiger partial charge in [0, 0.05) is 0 Å². The van der Waals surface area contributed by atoms with Crippen LogP contribution in [-0.2, 0) is 0 Å². The van der Waals surface area contributed by atoms with Gasteiger partial charge in [0.25, 0.3) is 0 Å². The number of rotatable bonds is 4. The predicted octanol–water partition coefficient (Wildman–Crippen LogP) is 7.60. The highest BCUT2D eigenvalue weighted by molar-refractivity contribution is 5.33. The smallest absolute Gasteiger partial charge is 0.0219 e. The van der Waals surface area contributed by atoms with E-state index in [1.807, 2.05) is 33.8 Å². The van der Waals surface area contributed by atoms with Crippen LogP contribution in [0.1, 0.15) is 69.2 Å². The summed E-state index contributed by atoms with van der Waals surface area (Å²) in [5.41, 5.74) is 4.19. The summed E-state index contributed by atoms with van der Waals surface area (Å²) < 4.78 is 0. The van der Waals surface area contributed by atoms with Crippen LogP contribution < -0.4 is 0 Å². The number of allylic oxidation sites excluding steroid dienone is 5. The largest absolute Gasteiger partial charge is 0.106 e. The summed E-state index contributed by atoms with van der Waals surface area (Å²) in [4.78, 5) is 0. The molecule has 0 saturated heterocycles. The van der Waals surface area contributed by atoms with Crippen molar-refractivity contribution in [3.63, 3.8) is 0 Å². The maximum atomic E-state index is 3.79. The highest BCUT2D eigenvalue weighted by Gasteiger charge is 2.07. The summed E-state index contributed by atoms with van der Waals surface area (Å²) >= 11 is 0. The van der Waals surface area contributed by atoms with E-state index >= 15 is 0 Å². The highest BCUT2D eigenvalue weighted by atomic mass is 14.1. The Hall–Kier alpha value is -1.04. The molecule has 20 heavy (non-hydrogen) atoms. The van der Waals surface area contributed by atoms with E-state index in [1.54, 1.807) is 0 Å². The molecule has 0 heterocycles. The van der Waals surface area contributed by atoms with E-state index in [-0.39, 0.29) is 0 Å². The van der Waals surface area contributed by atoms with Gasteiger partial charge < -0.3 is 0 Å². The van der Waals surface area contributed by atoms with E-state index < -0.39 is 0 Å². The van der Waals surface area contributed by atoms with Gasteiger partial charge in [0.15, 0.2) is 0 Å². The quantitative estimate of drug-likeness (QED) is 0.367. The third kappa shape index (κ3) is 15.0. The highest BCUT2D eigenvalue weighted by Crippen LogP contribution is 2.23. The molecule has 0 aromatic carbocycles. The molecule has 0 aliphatic carbocycles. The molecular formula is C20H40. The summed E-state index contributed by atoms with van der Waals surface area (Å²) in [6.07, 6.45) is 4.17. The van der Waals surface area contributed by atoms with Gasteiger partial charge >= 0.3 is 0 Å². The van der Waals surface area contributed by atoms with Gasteiger partial charge in [0.2, 0.25) is 0 Å². The van der Waals surface area contributed by atoms with E-state index in [9.17, 15) is 0 Å². The van der Waals surface area contributed by atoms with E-state index in [4.69, 9.17) is 0 Å². The zero-order valence-electron chi connectivity index (χ0n) is 15.9. The maximum absolute atomic E-state index is 3.79. The summed E-state index contributed by atoms with van der Waals surface area (Å²) in [5, 5.41) is 0. The Labute approximate surface area is 130 Å². The average Bonchev–Trinajstić information content (AvgIpc) is 2.49. The van der Waals surface area contributed by atoms with Crippen molar-refractivity contribution in [3.8, 4) is 0 Å². The molecule has 0 bridgehead atoms. The Morgan fingerprint density at radius 2 is 1.15 bits per heavy atom. The summed E-state index contributed by atoms with van der Waals surface area (Å²) in [6, 6.07) is 0. The molecular weight excluding hydrogens is 240 g/mol. The molecule has 0 amide bonds. The van der Waals surface area contributed by atoms with Crippen molar-refractivity contribution in [2.24, 2.45) is 11.8 Å². The van der Waals surface area contributed by atoms with E-state index in [0.717, 1.165) is 0 Å². The lowest BCUT2D eigenvalue weighted by molar-refractivity contribution is 0.705. The molecule has 0 rings (SSSR count). The lowest BCUT2D eigenvalue weighted by atomic mass is 9.90. The van der Waals surface area contributed by atoms with Gasteiger partial charge in [-0.2, -0.15) is 0 Å². The second-order valence-corrected chi connectivity index (χ2v) is 4.54. The number of hydrogen-bond donors (Lipinski definition) is 0. The zero-order chi connectivity index (χ0) is 17.3. The van der Waals surface area contributed by atoms with Crippen LogP contribution in [0.4, 0.5) is 0 Å². The lowest BCUT2D eigenvalue weighted by Crippen LogP contribution is -2.00. The second kappa shape index (κ2) is 20.3. The molecule has 0 spiro atoms. The monoisotopic (exact) mass is 280 g/mol. The molecule has 0 heteroatoms. The van der Waals surface area contributed by atoms with Crippen molar-refractivity contribution in [1.29, 1.82) is 0 Å². The van der Waals surface area contributed by atoms with Gasteiger partial charge in [-0.15, -0.1) is 13.2 Å². The average molecular weight is 281 g/mol. The Bertz CT molecular complexity index is 262. The van der Waals surface area contributed by atoms with E-state index in [0.29, 0.717) is 11.8 Å². The molecule has 0 aliphatic rings. The zero-order valence-corrected chi connectivity index (χ0v) is 15.9. The van der Waals surface area contributed by atoms with Crippen molar-refractivity contribution in [2.75, 3.05) is 0 Å². The van der Waals surface area contributed by atoms with Crippen molar-refractivity contribution >= 4 is 0 Å². The first-order valence-electron chi connectivity index (χ1n) is 7.91. The van der Waals surface area contributed by atoms with Crippen molar-refractivity contribution in [2.45, 2.75) is 69.2 Å². The molecule has 0 saturated carbocycles. The van der Waals surface area contributed by atoms with Crippen LogP contribution in [0.5, 0.6) is 0 Å². The maximum Gasteiger partial charge on any atom is -0.0219 e. The van der Waals surface area contributed by atoms with E-state index in [1.165, 1.54) is 16.7 Å². The topological polar surface area (TPSA) is 0 Å². The second-order valence-electron chi connectivity index (χ2n) is 4.54. The lowest BCUT2D eigenvalue weighted by Gasteiger charge is -2.15. The van der Waals surface area contributed by atoms with Gasteiger partial charge in [-0.1, -0.05) is 85.3 Å². The normalized spacial score (nSPS) is 11.1. The molecule has 0 aliphatic heterocycles. The van der Waals surface area contributed by atoms with Crippen molar-refractivity contribution in [3.05, 3.63) is 48.6 Å². The third-order valence-corrected chi connectivity index (χ3v) is 2.65. The van der Waals surface area contributed by atoms with Crippen LogP contribution in [-0.4, -0.2) is 0 Å². The van der Waals surface area contributed by atoms with E-state index in [2.05, 4.69) is 67.4 Å². The third-order valence-electron chi connectivity index (χ3n) is 2.65. The minimum atomic E-state index is 0.590. The van der Waals surface area contributed by atoms with Crippen LogP contribution in [0.25, 0.3) is 0 Å². The summed E-state index contributed by atoms with van der Waals surface area (Å²) in [5.74, 6) is 1.22.